The summed E-state index contributed by atoms with van der Waals surface area (Å²) in [5, 5.41) is 0. The molecule has 2 aromatic rings. The van der Waals surface area contributed by atoms with E-state index < -0.39 is 10.8 Å². The van der Waals surface area contributed by atoms with Gasteiger partial charge < -0.3 is 18.9 Å². The minimum atomic E-state index is -1.29. The zero-order valence-electron chi connectivity index (χ0n) is 13.1. The predicted octanol–water partition coefficient (Wildman–Crippen LogP) is 2.41. The van der Waals surface area contributed by atoms with Crippen molar-refractivity contribution in [2.45, 2.75) is 22.0 Å². The van der Waals surface area contributed by atoms with Crippen molar-refractivity contribution in [1.82, 2.24) is 0 Å². The van der Waals surface area contributed by atoms with Gasteiger partial charge in [0, 0.05) is 9.79 Å². The average Bonchev–Trinajstić information content (AvgIpc) is 3.53. The van der Waals surface area contributed by atoms with Crippen LogP contribution in [-0.2, 0) is 20.3 Å². The fourth-order valence-corrected chi connectivity index (χ4v) is 3.32. The molecule has 5 nitrogen and oxygen atoms in total. The molecule has 2 atom stereocenters. The van der Waals surface area contributed by atoms with Crippen LogP contribution in [-0.4, -0.2) is 42.8 Å². The van der Waals surface area contributed by atoms with E-state index in [1.165, 1.54) is 0 Å². The first-order chi connectivity index (χ1) is 11.8. The fraction of sp³-hybridized carbons (Fsp3) is 0.333. The highest BCUT2D eigenvalue weighted by molar-refractivity contribution is 7.85. The number of ether oxygens (including phenoxy) is 4. The summed E-state index contributed by atoms with van der Waals surface area (Å²) in [6.07, 6.45) is 0.395. The Morgan fingerprint density at radius 3 is 1.75 bits per heavy atom. The molecule has 2 fully saturated rings. The number of benzene rings is 2. The lowest BCUT2D eigenvalue weighted by molar-refractivity contribution is 0.262. The second-order valence-electron chi connectivity index (χ2n) is 5.75. The molecule has 6 heteroatoms. The third-order valence-corrected chi connectivity index (χ3v) is 5.08. The van der Waals surface area contributed by atoms with Crippen LogP contribution in [0.25, 0.3) is 0 Å². The van der Waals surface area contributed by atoms with Gasteiger partial charge in [0.25, 0.3) is 0 Å². The van der Waals surface area contributed by atoms with E-state index in [0.717, 1.165) is 13.2 Å². The molecule has 2 aliphatic heterocycles. The molecule has 0 bridgehead atoms. The third-order valence-electron chi connectivity index (χ3n) is 3.72. The molecule has 2 aromatic carbocycles. The zero-order chi connectivity index (χ0) is 16.4. The first-order valence-corrected chi connectivity index (χ1v) is 9.03. The van der Waals surface area contributed by atoms with Crippen molar-refractivity contribution in [3.05, 3.63) is 48.5 Å². The Kier molecular flexibility index (Phi) is 4.51. The first-order valence-electron chi connectivity index (χ1n) is 7.88. The maximum atomic E-state index is 12.8. The van der Waals surface area contributed by atoms with Crippen LogP contribution in [0.4, 0.5) is 0 Å². The molecule has 0 aliphatic carbocycles. The molecule has 0 aromatic heterocycles. The van der Waals surface area contributed by atoms with Gasteiger partial charge in [0.2, 0.25) is 0 Å². The van der Waals surface area contributed by atoms with E-state index in [4.69, 9.17) is 18.9 Å². The number of hydrogen-bond acceptors (Lipinski definition) is 5. The highest BCUT2D eigenvalue weighted by Gasteiger charge is 2.24. The maximum absolute atomic E-state index is 12.8. The Morgan fingerprint density at radius 1 is 0.875 bits per heavy atom. The summed E-state index contributed by atoms with van der Waals surface area (Å²) >= 11 is 0. The lowest BCUT2D eigenvalue weighted by Crippen LogP contribution is -2.05. The molecular weight excluding hydrogens is 328 g/mol. The molecule has 2 aliphatic rings. The van der Waals surface area contributed by atoms with E-state index in [9.17, 15) is 4.21 Å². The lowest BCUT2D eigenvalue weighted by atomic mass is 10.3. The van der Waals surface area contributed by atoms with Gasteiger partial charge in [0.05, 0.1) is 24.0 Å². The van der Waals surface area contributed by atoms with Gasteiger partial charge in [-0.05, 0) is 36.4 Å². The summed E-state index contributed by atoms with van der Waals surface area (Å²) in [6, 6.07) is 14.7. The molecule has 24 heavy (non-hydrogen) atoms. The zero-order valence-corrected chi connectivity index (χ0v) is 13.9. The van der Waals surface area contributed by atoms with E-state index in [1.54, 1.807) is 0 Å². The largest absolute Gasteiger partial charge is 0.491 e. The normalized spacial score (nSPS) is 22.7. The Labute approximate surface area is 142 Å². The molecule has 0 radical (unpaired) electrons. The highest BCUT2D eigenvalue weighted by atomic mass is 32.2. The quantitative estimate of drug-likeness (QED) is 0.687. The summed E-state index contributed by atoms with van der Waals surface area (Å²) in [5.41, 5.74) is 0. The Bertz CT molecular complexity index is 678. The van der Waals surface area contributed by atoms with Gasteiger partial charge in [-0.2, -0.15) is 0 Å². The second kappa shape index (κ2) is 6.93. The van der Waals surface area contributed by atoms with Gasteiger partial charge in [-0.25, -0.2) is 4.21 Å². The maximum Gasteiger partial charge on any atom is 0.120 e. The monoisotopic (exact) mass is 346 g/mol. The molecule has 126 valence electrons. The fourth-order valence-electron chi connectivity index (χ4n) is 2.20. The number of rotatable bonds is 8. The highest BCUT2D eigenvalue weighted by Crippen LogP contribution is 2.25. The summed E-state index contributed by atoms with van der Waals surface area (Å²) in [5.74, 6) is 1.41. The first kappa shape index (κ1) is 15.6. The van der Waals surface area contributed by atoms with E-state index in [2.05, 4.69) is 0 Å². The van der Waals surface area contributed by atoms with Crippen molar-refractivity contribution in [2.75, 3.05) is 26.4 Å². The van der Waals surface area contributed by atoms with Gasteiger partial charge in [0.15, 0.2) is 0 Å². The van der Waals surface area contributed by atoms with Crippen molar-refractivity contribution in [3.8, 4) is 11.5 Å². The molecule has 2 saturated heterocycles. The van der Waals surface area contributed by atoms with Crippen LogP contribution < -0.4 is 9.47 Å². The van der Waals surface area contributed by atoms with Crippen molar-refractivity contribution < 1.29 is 23.2 Å². The van der Waals surface area contributed by atoms with Crippen LogP contribution in [0.15, 0.2) is 58.3 Å². The van der Waals surface area contributed by atoms with Crippen molar-refractivity contribution in [1.29, 1.82) is 0 Å². The molecule has 2 unspecified atom stereocenters. The van der Waals surface area contributed by atoms with E-state index in [1.807, 2.05) is 48.5 Å². The average molecular weight is 346 g/mol. The standard InChI is InChI=1S/C18H18O5S/c19-24(17-5-1-3-13(7-17)20-9-15-11-22-15)18-6-2-4-14(8-18)21-10-16-12-23-16/h1-8,15-16H,9-12H2. The molecule has 4 rings (SSSR count). The van der Waals surface area contributed by atoms with Gasteiger partial charge in [-0.1, -0.05) is 12.1 Å². The van der Waals surface area contributed by atoms with Crippen LogP contribution >= 0.6 is 0 Å². The van der Waals surface area contributed by atoms with Gasteiger partial charge in [0.1, 0.15) is 36.9 Å². The summed E-state index contributed by atoms with van der Waals surface area (Å²) < 4.78 is 34.4. The van der Waals surface area contributed by atoms with Crippen molar-refractivity contribution >= 4 is 10.8 Å². The predicted molar refractivity (Wildman–Crippen MR) is 88.0 cm³/mol. The number of epoxide rings is 2. The molecular formula is C18H18O5S. The van der Waals surface area contributed by atoms with Crippen LogP contribution in [0.1, 0.15) is 0 Å². The minimum absolute atomic E-state index is 0.198. The second-order valence-corrected chi connectivity index (χ2v) is 7.23. The minimum Gasteiger partial charge on any atom is -0.491 e. The van der Waals surface area contributed by atoms with E-state index in [-0.39, 0.29) is 12.2 Å². The SMILES string of the molecule is O=S(c1cccc(OCC2CO2)c1)c1cccc(OCC2CO2)c1. The van der Waals surface area contributed by atoms with Gasteiger partial charge >= 0.3 is 0 Å². The smallest absolute Gasteiger partial charge is 0.120 e. The van der Waals surface area contributed by atoms with Crippen LogP contribution in [0.3, 0.4) is 0 Å². The lowest BCUT2D eigenvalue weighted by Gasteiger charge is -2.09. The number of hydrogen-bond donors (Lipinski definition) is 0. The van der Waals surface area contributed by atoms with Gasteiger partial charge in [-0.15, -0.1) is 0 Å². The molecule has 0 amide bonds. The van der Waals surface area contributed by atoms with Crippen LogP contribution in [0.2, 0.25) is 0 Å². The van der Waals surface area contributed by atoms with E-state index >= 15 is 0 Å². The van der Waals surface area contributed by atoms with Crippen molar-refractivity contribution in [2.24, 2.45) is 0 Å². The molecule has 0 N–H and O–H groups in total. The Morgan fingerprint density at radius 2 is 1.33 bits per heavy atom. The summed E-state index contributed by atoms with van der Waals surface area (Å²) in [6.45, 7) is 2.57. The topological polar surface area (TPSA) is 60.6 Å². The van der Waals surface area contributed by atoms with Crippen LogP contribution in [0, 0.1) is 0 Å². The Hall–Kier alpha value is -1.89. The summed E-state index contributed by atoms with van der Waals surface area (Å²) in [4.78, 5) is 1.40. The van der Waals surface area contributed by atoms with E-state index in [0.29, 0.717) is 34.5 Å². The third kappa shape index (κ3) is 4.14. The summed E-state index contributed by atoms with van der Waals surface area (Å²) in [7, 11) is -1.29. The molecule has 0 spiro atoms. The van der Waals surface area contributed by atoms with Crippen molar-refractivity contribution in [3.63, 3.8) is 0 Å². The molecule has 2 heterocycles. The van der Waals surface area contributed by atoms with Gasteiger partial charge in [-0.3, -0.25) is 0 Å². The van der Waals surface area contributed by atoms with Crippen LogP contribution in [0.5, 0.6) is 11.5 Å². The Balaban J connectivity index is 1.45. The molecule has 0 saturated carbocycles.